The molecule has 2 heteroatoms. The molecule has 0 aliphatic heterocycles. The first-order valence-electron chi connectivity index (χ1n) is 5.00. The maximum Gasteiger partial charge on any atom is 0.132 e. The predicted octanol–water partition coefficient (Wildman–Crippen LogP) is 4.02. The Morgan fingerprint density at radius 3 is 2.69 bits per heavy atom. The van der Waals surface area contributed by atoms with Crippen LogP contribution in [0.5, 0.6) is 5.75 Å². The zero-order chi connectivity index (χ0) is 9.52. The van der Waals surface area contributed by atoms with Crippen molar-refractivity contribution in [3.05, 3.63) is 16.3 Å². The van der Waals surface area contributed by atoms with E-state index >= 15 is 0 Å². The summed E-state index contributed by atoms with van der Waals surface area (Å²) in [6, 6.07) is 0. The lowest BCUT2D eigenvalue weighted by molar-refractivity contribution is 0.304. The van der Waals surface area contributed by atoms with Crippen LogP contribution in [0.2, 0.25) is 0 Å². The molecule has 0 saturated carbocycles. The number of rotatable bonds is 6. The van der Waals surface area contributed by atoms with Gasteiger partial charge in [-0.2, -0.15) is 0 Å². The highest BCUT2D eigenvalue weighted by Gasteiger charge is 1.98. The molecule has 0 fully saturated rings. The van der Waals surface area contributed by atoms with Gasteiger partial charge in [0.2, 0.25) is 0 Å². The van der Waals surface area contributed by atoms with Crippen LogP contribution in [0.3, 0.4) is 0 Å². The molecule has 1 aromatic rings. The van der Waals surface area contributed by atoms with Gasteiger partial charge in [0.25, 0.3) is 0 Å². The summed E-state index contributed by atoms with van der Waals surface area (Å²) < 4.78 is 5.63. The molecule has 1 heterocycles. The minimum atomic E-state index is 0.873. The highest BCUT2D eigenvalue weighted by molar-refractivity contribution is 7.08. The topological polar surface area (TPSA) is 9.23 Å². The van der Waals surface area contributed by atoms with Gasteiger partial charge in [0.15, 0.2) is 0 Å². The summed E-state index contributed by atoms with van der Waals surface area (Å²) in [6.07, 6.45) is 5.09. The highest BCUT2D eigenvalue weighted by atomic mass is 32.1. The Balaban J connectivity index is 2.10. The Morgan fingerprint density at radius 1 is 1.23 bits per heavy atom. The Bertz CT molecular complexity index is 230. The highest BCUT2D eigenvalue weighted by Crippen LogP contribution is 2.22. The number of aryl methyl sites for hydroxylation is 1. The minimum Gasteiger partial charge on any atom is -0.492 e. The van der Waals surface area contributed by atoms with E-state index in [1.165, 1.54) is 31.2 Å². The molecule has 0 N–H and O–H groups in total. The summed E-state index contributed by atoms with van der Waals surface area (Å²) in [4.78, 5) is 0. The normalized spacial score (nSPS) is 10.3. The summed E-state index contributed by atoms with van der Waals surface area (Å²) in [5.74, 6) is 1.07. The molecule has 0 amide bonds. The van der Waals surface area contributed by atoms with Gasteiger partial charge >= 0.3 is 0 Å². The van der Waals surface area contributed by atoms with Crippen molar-refractivity contribution in [2.24, 2.45) is 0 Å². The molecular weight excluding hydrogens is 180 g/mol. The molecule has 0 bridgehead atoms. The fourth-order valence-corrected chi connectivity index (χ4v) is 1.97. The van der Waals surface area contributed by atoms with Gasteiger partial charge in [-0.1, -0.05) is 26.2 Å². The molecule has 0 aliphatic rings. The van der Waals surface area contributed by atoms with Crippen LogP contribution in [0.15, 0.2) is 10.8 Å². The molecule has 0 radical (unpaired) electrons. The smallest absolute Gasteiger partial charge is 0.132 e. The summed E-state index contributed by atoms with van der Waals surface area (Å²) >= 11 is 1.71. The molecule has 1 nitrogen and oxygen atoms in total. The molecule has 0 saturated heterocycles. The van der Waals surface area contributed by atoms with Gasteiger partial charge in [-0.15, -0.1) is 11.3 Å². The third-order valence-corrected chi connectivity index (χ3v) is 2.90. The molecule has 0 aliphatic carbocycles. The minimum absolute atomic E-state index is 0.873. The van der Waals surface area contributed by atoms with E-state index < -0.39 is 0 Å². The van der Waals surface area contributed by atoms with Gasteiger partial charge in [0.05, 0.1) is 6.61 Å². The van der Waals surface area contributed by atoms with Crippen LogP contribution < -0.4 is 4.74 Å². The van der Waals surface area contributed by atoms with E-state index in [2.05, 4.69) is 24.6 Å². The first kappa shape index (κ1) is 10.6. The van der Waals surface area contributed by atoms with Crippen molar-refractivity contribution in [2.45, 2.75) is 39.5 Å². The van der Waals surface area contributed by atoms with Gasteiger partial charge < -0.3 is 4.74 Å². The average Bonchev–Trinajstić information content (AvgIpc) is 2.52. The molecule has 0 aromatic carbocycles. The second kappa shape index (κ2) is 6.03. The van der Waals surface area contributed by atoms with E-state index in [1.807, 2.05) is 0 Å². The number of unbranched alkanes of at least 4 members (excludes halogenated alkanes) is 3. The third kappa shape index (κ3) is 3.81. The molecule has 0 unspecified atom stereocenters. The van der Waals surface area contributed by atoms with Gasteiger partial charge in [-0.05, 0) is 18.7 Å². The monoisotopic (exact) mass is 198 g/mol. The van der Waals surface area contributed by atoms with Crippen molar-refractivity contribution in [2.75, 3.05) is 6.61 Å². The standard InChI is InChI=1S/C11H18OS/c1-3-4-5-6-7-12-11-9-13-8-10(11)2/h8-9H,3-7H2,1-2H3. The van der Waals surface area contributed by atoms with E-state index in [9.17, 15) is 0 Å². The summed E-state index contributed by atoms with van der Waals surface area (Å²) in [5, 5.41) is 4.20. The van der Waals surface area contributed by atoms with Crippen molar-refractivity contribution in [3.63, 3.8) is 0 Å². The SMILES string of the molecule is CCCCCCOc1cscc1C. The zero-order valence-corrected chi connectivity index (χ0v) is 9.32. The van der Waals surface area contributed by atoms with Crippen molar-refractivity contribution in [1.82, 2.24) is 0 Å². The van der Waals surface area contributed by atoms with Crippen LogP contribution in [-0.4, -0.2) is 6.61 Å². The Morgan fingerprint density at radius 2 is 2.08 bits per heavy atom. The Hall–Kier alpha value is -0.500. The van der Waals surface area contributed by atoms with Crippen molar-refractivity contribution >= 4 is 11.3 Å². The Kier molecular flexibility index (Phi) is 4.91. The third-order valence-electron chi connectivity index (χ3n) is 2.06. The van der Waals surface area contributed by atoms with E-state index in [0.29, 0.717) is 0 Å². The summed E-state index contributed by atoms with van der Waals surface area (Å²) in [5.41, 5.74) is 1.26. The maximum absolute atomic E-state index is 5.63. The largest absolute Gasteiger partial charge is 0.492 e. The second-order valence-corrected chi connectivity index (χ2v) is 4.07. The van der Waals surface area contributed by atoms with Crippen LogP contribution in [0, 0.1) is 6.92 Å². The lowest BCUT2D eigenvalue weighted by Crippen LogP contribution is -1.96. The fraction of sp³-hybridized carbons (Fsp3) is 0.636. The van der Waals surface area contributed by atoms with Crippen LogP contribution in [0.1, 0.15) is 38.2 Å². The van der Waals surface area contributed by atoms with Crippen molar-refractivity contribution < 1.29 is 4.74 Å². The number of ether oxygens (including phenoxy) is 1. The van der Waals surface area contributed by atoms with Crippen LogP contribution in [0.25, 0.3) is 0 Å². The van der Waals surface area contributed by atoms with Crippen molar-refractivity contribution in [1.29, 1.82) is 0 Å². The molecule has 13 heavy (non-hydrogen) atoms. The lowest BCUT2D eigenvalue weighted by atomic mass is 10.2. The molecular formula is C11H18OS. The number of hydrogen-bond donors (Lipinski definition) is 0. The lowest BCUT2D eigenvalue weighted by Gasteiger charge is -2.04. The summed E-state index contributed by atoms with van der Waals surface area (Å²) in [6.45, 7) is 5.19. The van der Waals surface area contributed by atoms with E-state index in [-0.39, 0.29) is 0 Å². The van der Waals surface area contributed by atoms with Crippen LogP contribution in [-0.2, 0) is 0 Å². The van der Waals surface area contributed by atoms with Gasteiger partial charge in [-0.25, -0.2) is 0 Å². The van der Waals surface area contributed by atoms with Crippen LogP contribution >= 0.6 is 11.3 Å². The van der Waals surface area contributed by atoms with E-state index in [4.69, 9.17) is 4.74 Å². The first-order valence-corrected chi connectivity index (χ1v) is 5.94. The second-order valence-electron chi connectivity index (χ2n) is 3.33. The molecule has 74 valence electrons. The van der Waals surface area contributed by atoms with E-state index in [0.717, 1.165) is 12.4 Å². The van der Waals surface area contributed by atoms with Gasteiger partial charge in [-0.3, -0.25) is 0 Å². The van der Waals surface area contributed by atoms with E-state index in [1.54, 1.807) is 11.3 Å². The quantitative estimate of drug-likeness (QED) is 0.627. The predicted molar refractivity (Wildman–Crippen MR) is 58.7 cm³/mol. The average molecular weight is 198 g/mol. The zero-order valence-electron chi connectivity index (χ0n) is 8.51. The first-order chi connectivity index (χ1) is 6.34. The molecule has 1 aromatic heterocycles. The number of thiophene rings is 1. The molecule has 0 spiro atoms. The van der Waals surface area contributed by atoms with Crippen molar-refractivity contribution in [3.8, 4) is 5.75 Å². The molecule has 0 atom stereocenters. The van der Waals surface area contributed by atoms with Crippen LogP contribution in [0.4, 0.5) is 0 Å². The summed E-state index contributed by atoms with van der Waals surface area (Å²) in [7, 11) is 0. The Labute approximate surface area is 84.7 Å². The van der Waals surface area contributed by atoms with Gasteiger partial charge in [0.1, 0.15) is 5.75 Å². The molecule has 1 rings (SSSR count). The maximum atomic E-state index is 5.63. The number of hydrogen-bond acceptors (Lipinski definition) is 2. The fourth-order valence-electron chi connectivity index (χ4n) is 1.21. The van der Waals surface area contributed by atoms with Gasteiger partial charge in [0, 0.05) is 10.9 Å².